The summed E-state index contributed by atoms with van der Waals surface area (Å²) in [5, 5.41) is 5.74. The van der Waals surface area contributed by atoms with E-state index >= 15 is 0 Å². The Kier molecular flexibility index (Phi) is 8.94. The third kappa shape index (κ3) is 6.71. The van der Waals surface area contributed by atoms with Crippen LogP contribution in [0.4, 0.5) is 0 Å². The number of rotatable bonds is 8. The van der Waals surface area contributed by atoms with Crippen LogP contribution in [-0.2, 0) is 9.59 Å². The lowest BCUT2D eigenvalue weighted by Gasteiger charge is -2.38. The molecule has 2 atom stereocenters. The molecular weight excluding hydrogens is 406 g/mol. The lowest BCUT2D eigenvalue weighted by molar-refractivity contribution is -0.139. The second-order valence-electron chi connectivity index (χ2n) is 9.12. The first kappa shape index (κ1) is 24.1. The Morgan fingerprint density at radius 1 is 0.875 bits per heavy atom. The number of piperidine rings is 1. The van der Waals surface area contributed by atoms with E-state index in [1.807, 2.05) is 4.90 Å². The number of benzene rings is 1. The van der Waals surface area contributed by atoms with Crippen molar-refractivity contribution in [2.45, 2.75) is 77.3 Å². The van der Waals surface area contributed by atoms with Crippen molar-refractivity contribution < 1.29 is 19.1 Å². The fourth-order valence-electron chi connectivity index (χ4n) is 4.81. The van der Waals surface area contributed by atoms with E-state index in [0.717, 1.165) is 44.9 Å². The number of carbonyl (C=O) groups is 3. The fraction of sp³-hybridized carbons (Fsp3) is 0.640. The predicted octanol–water partition coefficient (Wildman–Crippen LogP) is 3.28. The standard InChI is InChI=1S/C25H37N3O4/c1-18-7-6-8-19(2)28(18)23(29)17-32-22-13-11-21(12-14-22)25(31)27-16-15-26-24(30)20-9-4-3-5-10-20/h11-14,18-20H,3-10,15-17H2,1-2H3,(H,26,30)(H,27,31). The van der Waals surface area contributed by atoms with Gasteiger partial charge < -0.3 is 20.3 Å². The molecule has 1 saturated heterocycles. The lowest BCUT2D eigenvalue weighted by Crippen LogP contribution is -2.49. The topological polar surface area (TPSA) is 87.7 Å². The number of carbonyl (C=O) groups excluding carboxylic acids is 3. The van der Waals surface area contributed by atoms with Crippen molar-refractivity contribution in [1.29, 1.82) is 0 Å². The second kappa shape index (κ2) is 11.9. The summed E-state index contributed by atoms with van der Waals surface area (Å²) in [7, 11) is 0. The summed E-state index contributed by atoms with van der Waals surface area (Å²) in [6, 6.07) is 7.26. The van der Waals surface area contributed by atoms with E-state index in [-0.39, 0.29) is 42.3 Å². The molecule has 1 saturated carbocycles. The Hall–Kier alpha value is -2.57. The highest BCUT2D eigenvalue weighted by Gasteiger charge is 2.29. The first-order chi connectivity index (χ1) is 15.5. The van der Waals surface area contributed by atoms with Gasteiger partial charge in [0.1, 0.15) is 5.75 Å². The zero-order chi connectivity index (χ0) is 22.9. The van der Waals surface area contributed by atoms with E-state index in [0.29, 0.717) is 24.4 Å². The summed E-state index contributed by atoms with van der Waals surface area (Å²) in [5.41, 5.74) is 0.514. The highest BCUT2D eigenvalue weighted by molar-refractivity contribution is 5.94. The summed E-state index contributed by atoms with van der Waals surface area (Å²) in [5.74, 6) is 0.591. The van der Waals surface area contributed by atoms with Crippen molar-refractivity contribution in [2.75, 3.05) is 19.7 Å². The summed E-state index contributed by atoms with van der Waals surface area (Å²) in [6.45, 7) is 4.99. The van der Waals surface area contributed by atoms with E-state index in [2.05, 4.69) is 24.5 Å². The maximum atomic E-state index is 12.6. The highest BCUT2D eigenvalue weighted by atomic mass is 16.5. The number of hydrogen-bond donors (Lipinski definition) is 2. The molecule has 7 nitrogen and oxygen atoms in total. The molecule has 1 heterocycles. The number of hydrogen-bond acceptors (Lipinski definition) is 4. The molecule has 1 aliphatic heterocycles. The van der Waals surface area contributed by atoms with Gasteiger partial charge in [0.05, 0.1) is 0 Å². The van der Waals surface area contributed by atoms with Gasteiger partial charge in [-0.25, -0.2) is 0 Å². The molecule has 2 N–H and O–H groups in total. The molecule has 7 heteroatoms. The van der Waals surface area contributed by atoms with Crippen LogP contribution < -0.4 is 15.4 Å². The number of ether oxygens (including phenoxy) is 1. The molecule has 32 heavy (non-hydrogen) atoms. The average molecular weight is 444 g/mol. The van der Waals surface area contributed by atoms with Crippen LogP contribution >= 0.6 is 0 Å². The number of nitrogens with one attached hydrogen (secondary N) is 2. The third-order valence-corrected chi connectivity index (χ3v) is 6.65. The molecule has 176 valence electrons. The molecule has 3 amide bonds. The van der Waals surface area contributed by atoms with Gasteiger partial charge >= 0.3 is 0 Å². The minimum absolute atomic E-state index is 0.000908. The van der Waals surface area contributed by atoms with Gasteiger partial charge in [0.25, 0.3) is 11.8 Å². The Balaban J connectivity index is 1.37. The van der Waals surface area contributed by atoms with Gasteiger partial charge in [-0.3, -0.25) is 14.4 Å². The number of nitrogens with zero attached hydrogens (tertiary/aromatic N) is 1. The normalized spacial score (nSPS) is 21.6. The Morgan fingerprint density at radius 2 is 1.50 bits per heavy atom. The molecule has 0 bridgehead atoms. The lowest BCUT2D eigenvalue weighted by atomic mass is 9.89. The maximum absolute atomic E-state index is 12.6. The molecule has 0 radical (unpaired) electrons. The van der Waals surface area contributed by atoms with Gasteiger partial charge in [0.15, 0.2) is 6.61 Å². The van der Waals surface area contributed by atoms with Crippen molar-refractivity contribution >= 4 is 17.7 Å². The zero-order valence-corrected chi connectivity index (χ0v) is 19.4. The summed E-state index contributed by atoms with van der Waals surface area (Å²) < 4.78 is 5.66. The summed E-state index contributed by atoms with van der Waals surface area (Å²) in [4.78, 5) is 39.0. The predicted molar refractivity (Wildman–Crippen MR) is 123 cm³/mol. The van der Waals surface area contributed by atoms with Crippen molar-refractivity contribution in [3.63, 3.8) is 0 Å². The first-order valence-corrected chi connectivity index (χ1v) is 12.1. The van der Waals surface area contributed by atoms with Crippen LogP contribution in [0.5, 0.6) is 5.75 Å². The molecule has 2 unspecified atom stereocenters. The van der Waals surface area contributed by atoms with Crippen LogP contribution in [0.2, 0.25) is 0 Å². The molecule has 3 rings (SSSR count). The highest BCUT2D eigenvalue weighted by Crippen LogP contribution is 2.24. The quantitative estimate of drug-likeness (QED) is 0.604. The fourth-order valence-corrected chi connectivity index (χ4v) is 4.81. The minimum Gasteiger partial charge on any atom is -0.484 e. The van der Waals surface area contributed by atoms with E-state index in [1.54, 1.807) is 24.3 Å². The minimum atomic E-state index is -0.199. The van der Waals surface area contributed by atoms with Crippen molar-refractivity contribution in [2.24, 2.45) is 5.92 Å². The van der Waals surface area contributed by atoms with Gasteiger partial charge in [0, 0.05) is 36.7 Å². The molecule has 0 spiro atoms. The van der Waals surface area contributed by atoms with E-state index in [9.17, 15) is 14.4 Å². The van der Waals surface area contributed by atoms with Crippen LogP contribution in [-0.4, -0.2) is 54.4 Å². The van der Waals surface area contributed by atoms with Crippen LogP contribution in [0.25, 0.3) is 0 Å². The van der Waals surface area contributed by atoms with Crippen LogP contribution in [0.15, 0.2) is 24.3 Å². The molecule has 1 aromatic carbocycles. The van der Waals surface area contributed by atoms with Gasteiger partial charge in [-0.15, -0.1) is 0 Å². The smallest absolute Gasteiger partial charge is 0.260 e. The van der Waals surface area contributed by atoms with Gasteiger partial charge in [-0.05, 0) is 70.2 Å². The van der Waals surface area contributed by atoms with Crippen molar-refractivity contribution in [1.82, 2.24) is 15.5 Å². The maximum Gasteiger partial charge on any atom is 0.260 e. The van der Waals surface area contributed by atoms with E-state index in [4.69, 9.17) is 4.74 Å². The number of likely N-dealkylation sites (tertiary alicyclic amines) is 1. The monoisotopic (exact) mass is 443 g/mol. The molecule has 1 aliphatic carbocycles. The summed E-state index contributed by atoms with van der Waals surface area (Å²) >= 11 is 0. The van der Waals surface area contributed by atoms with E-state index in [1.165, 1.54) is 6.42 Å². The van der Waals surface area contributed by atoms with Crippen molar-refractivity contribution in [3.05, 3.63) is 29.8 Å². The largest absolute Gasteiger partial charge is 0.484 e. The van der Waals surface area contributed by atoms with Gasteiger partial charge in [-0.1, -0.05) is 19.3 Å². The SMILES string of the molecule is CC1CCCC(C)N1C(=O)COc1ccc(C(=O)NCCNC(=O)C2CCCCC2)cc1. The molecule has 1 aromatic rings. The van der Waals surface area contributed by atoms with Crippen molar-refractivity contribution in [3.8, 4) is 5.75 Å². The van der Waals surface area contributed by atoms with Crippen LogP contribution in [0, 0.1) is 5.92 Å². The Labute approximate surface area is 191 Å². The Bertz CT molecular complexity index is 764. The van der Waals surface area contributed by atoms with Gasteiger partial charge in [-0.2, -0.15) is 0 Å². The van der Waals surface area contributed by atoms with E-state index < -0.39 is 0 Å². The summed E-state index contributed by atoms with van der Waals surface area (Å²) in [6.07, 6.45) is 8.62. The van der Waals surface area contributed by atoms with Crippen LogP contribution in [0.1, 0.15) is 75.6 Å². The first-order valence-electron chi connectivity index (χ1n) is 12.1. The molecule has 0 aromatic heterocycles. The second-order valence-corrected chi connectivity index (χ2v) is 9.12. The molecule has 2 fully saturated rings. The molecular formula is C25H37N3O4. The molecule has 2 aliphatic rings. The number of amides is 3. The van der Waals surface area contributed by atoms with Gasteiger partial charge in [0.2, 0.25) is 5.91 Å². The third-order valence-electron chi connectivity index (χ3n) is 6.65. The Morgan fingerprint density at radius 3 is 2.16 bits per heavy atom. The van der Waals surface area contributed by atoms with Crippen LogP contribution in [0.3, 0.4) is 0 Å². The average Bonchev–Trinajstić information content (AvgIpc) is 2.81. The zero-order valence-electron chi connectivity index (χ0n) is 19.4.